The van der Waals surface area contributed by atoms with Gasteiger partial charge in [-0.15, -0.1) is 0 Å². The third-order valence-corrected chi connectivity index (χ3v) is 3.04. The number of pyridine rings is 1. The Morgan fingerprint density at radius 2 is 1.90 bits per heavy atom. The molecule has 0 aliphatic carbocycles. The van der Waals surface area contributed by atoms with Gasteiger partial charge in [0, 0.05) is 25.3 Å². The summed E-state index contributed by atoms with van der Waals surface area (Å²) in [6.07, 6.45) is 1.30. The molecule has 4 nitrogen and oxygen atoms in total. The Morgan fingerprint density at radius 3 is 2.45 bits per heavy atom. The van der Waals surface area contributed by atoms with E-state index in [1.165, 1.54) is 0 Å². The van der Waals surface area contributed by atoms with Crippen molar-refractivity contribution in [2.24, 2.45) is 5.92 Å². The van der Waals surface area contributed by atoms with E-state index in [4.69, 9.17) is 5.11 Å². The lowest BCUT2D eigenvalue weighted by Gasteiger charge is -2.22. The fraction of sp³-hybridized carbons (Fsp3) is 0.643. The first-order valence-electron chi connectivity index (χ1n) is 6.96. The molecule has 1 heterocycles. The van der Waals surface area contributed by atoms with Crippen LogP contribution in [-0.2, 0) is 0 Å². The van der Waals surface area contributed by atoms with Crippen molar-refractivity contribution in [3.63, 3.8) is 0 Å². The topological polar surface area (TPSA) is 57.2 Å². The number of aliphatic hydroxyl groups excluding tert-OH is 1. The van der Waals surface area contributed by atoms with Crippen LogP contribution < -0.4 is 10.6 Å². The normalized spacial score (nSPS) is 12.6. The lowest BCUT2D eigenvalue weighted by atomic mass is 10.0. The van der Waals surface area contributed by atoms with E-state index in [9.17, 15) is 8.78 Å². The molecule has 0 aliphatic rings. The highest BCUT2D eigenvalue weighted by Crippen LogP contribution is 2.21. The molecule has 114 valence electrons. The highest BCUT2D eigenvalue weighted by atomic mass is 19.1. The standard InChI is InChI=1S/C14H23F2N3O/c1-4-6-17-13-10(15)8-11(16)14(19-13)18-12(5-7-20)9(2)3/h8-9,12,20H,4-7H2,1-3H3,(H2,17,18,19). The van der Waals surface area contributed by atoms with Gasteiger partial charge >= 0.3 is 0 Å². The smallest absolute Gasteiger partial charge is 0.168 e. The monoisotopic (exact) mass is 287 g/mol. The van der Waals surface area contributed by atoms with E-state index in [2.05, 4.69) is 15.6 Å². The van der Waals surface area contributed by atoms with Crippen molar-refractivity contribution >= 4 is 11.6 Å². The molecule has 0 spiro atoms. The van der Waals surface area contributed by atoms with Gasteiger partial charge in [0.15, 0.2) is 23.3 Å². The Hall–Kier alpha value is -1.43. The molecule has 0 aliphatic heterocycles. The van der Waals surface area contributed by atoms with E-state index in [1.807, 2.05) is 20.8 Å². The van der Waals surface area contributed by atoms with Gasteiger partial charge in [-0.25, -0.2) is 13.8 Å². The third kappa shape index (κ3) is 4.59. The minimum atomic E-state index is -0.729. The van der Waals surface area contributed by atoms with E-state index in [1.54, 1.807) is 0 Å². The number of nitrogens with one attached hydrogen (secondary N) is 2. The van der Waals surface area contributed by atoms with Crippen molar-refractivity contribution < 1.29 is 13.9 Å². The molecule has 0 amide bonds. The second-order valence-electron chi connectivity index (χ2n) is 5.08. The van der Waals surface area contributed by atoms with Gasteiger partial charge in [0.05, 0.1) is 0 Å². The Balaban J connectivity index is 2.92. The van der Waals surface area contributed by atoms with Crippen LogP contribution in [0.3, 0.4) is 0 Å². The summed E-state index contributed by atoms with van der Waals surface area (Å²) in [6.45, 7) is 6.44. The number of hydrogen-bond donors (Lipinski definition) is 3. The van der Waals surface area contributed by atoms with Gasteiger partial charge < -0.3 is 15.7 Å². The van der Waals surface area contributed by atoms with E-state index >= 15 is 0 Å². The molecule has 0 fully saturated rings. The molecule has 1 aromatic heterocycles. The van der Waals surface area contributed by atoms with Crippen molar-refractivity contribution in [3.8, 4) is 0 Å². The van der Waals surface area contributed by atoms with Crippen LogP contribution in [0.4, 0.5) is 20.4 Å². The number of hydrogen-bond acceptors (Lipinski definition) is 4. The molecule has 0 aromatic carbocycles. The molecule has 3 N–H and O–H groups in total. The highest BCUT2D eigenvalue weighted by Gasteiger charge is 2.17. The van der Waals surface area contributed by atoms with Crippen LogP contribution in [0.5, 0.6) is 0 Å². The zero-order valence-electron chi connectivity index (χ0n) is 12.2. The predicted molar refractivity (Wildman–Crippen MR) is 76.9 cm³/mol. The SMILES string of the molecule is CCCNc1nc(NC(CCO)C(C)C)c(F)cc1F. The van der Waals surface area contributed by atoms with Crippen molar-refractivity contribution in [1.29, 1.82) is 0 Å². The Morgan fingerprint density at radius 1 is 1.25 bits per heavy atom. The summed E-state index contributed by atoms with van der Waals surface area (Å²) in [5.74, 6) is -1.18. The van der Waals surface area contributed by atoms with Gasteiger partial charge in [-0.1, -0.05) is 20.8 Å². The Bertz CT molecular complexity index is 427. The van der Waals surface area contributed by atoms with Crippen LogP contribution in [0, 0.1) is 17.6 Å². The van der Waals surface area contributed by atoms with Gasteiger partial charge in [0.1, 0.15) is 0 Å². The molecule has 1 unspecified atom stereocenters. The number of aliphatic hydroxyl groups is 1. The summed E-state index contributed by atoms with van der Waals surface area (Å²) >= 11 is 0. The molecule has 1 rings (SSSR count). The van der Waals surface area contributed by atoms with E-state index in [0.717, 1.165) is 12.5 Å². The van der Waals surface area contributed by atoms with E-state index < -0.39 is 11.6 Å². The molecule has 0 saturated heterocycles. The molecule has 6 heteroatoms. The summed E-state index contributed by atoms with van der Waals surface area (Å²) < 4.78 is 27.3. The zero-order chi connectivity index (χ0) is 15.1. The van der Waals surface area contributed by atoms with Crippen LogP contribution >= 0.6 is 0 Å². The number of rotatable bonds is 8. The molecule has 0 saturated carbocycles. The third-order valence-electron chi connectivity index (χ3n) is 3.04. The molecular weight excluding hydrogens is 264 g/mol. The van der Waals surface area contributed by atoms with Crippen LogP contribution in [0.1, 0.15) is 33.6 Å². The highest BCUT2D eigenvalue weighted by molar-refractivity contribution is 5.48. The fourth-order valence-electron chi connectivity index (χ4n) is 1.82. The van der Waals surface area contributed by atoms with Crippen LogP contribution in [0.2, 0.25) is 0 Å². The Labute approximate surface area is 118 Å². The van der Waals surface area contributed by atoms with Crippen LogP contribution in [0.25, 0.3) is 0 Å². The van der Waals surface area contributed by atoms with E-state index in [0.29, 0.717) is 13.0 Å². The molecular formula is C14H23F2N3O. The maximum Gasteiger partial charge on any atom is 0.168 e. The molecule has 0 radical (unpaired) electrons. The lowest BCUT2D eigenvalue weighted by Crippen LogP contribution is -2.28. The molecule has 1 aromatic rings. The van der Waals surface area contributed by atoms with Gasteiger partial charge in [-0.3, -0.25) is 0 Å². The molecule has 20 heavy (non-hydrogen) atoms. The first-order valence-corrected chi connectivity index (χ1v) is 6.96. The largest absolute Gasteiger partial charge is 0.396 e. The van der Waals surface area contributed by atoms with E-state index in [-0.39, 0.29) is 30.2 Å². The summed E-state index contributed by atoms with van der Waals surface area (Å²) in [7, 11) is 0. The number of aromatic nitrogens is 1. The zero-order valence-corrected chi connectivity index (χ0v) is 12.2. The van der Waals surface area contributed by atoms with Crippen molar-refractivity contribution in [1.82, 2.24) is 4.98 Å². The number of anilines is 2. The molecule has 1 atom stereocenters. The minimum absolute atomic E-state index is 0.000395. The maximum atomic E-state index is 13.8. The second kappa shape index (κ2) is 7.99. The Kier molecular flexibility index (Phi) is 6.64. The number of halogens is 2. The van der Waals surface area contributed by atoms with Crippen molar-refractivity contribution in [3.05, 3.63) is 17.7 Å². The van der Waals surface area contributed by atoms with Crippen molar-refractivity contribution in [2.45, 2.75) is 39.7 Å². The average molecular weight is 287 g/mol. The lowest BCUT2D eigenvalue weighted by molar-refractivity contribution is 0.267. The molecule has 0 bridgehead atoms. The maximum absolute atomic E-state index is 13.8. The quantitative estimate of drug-likeness (QED) is 0.688. The second-order valence-corrected chi connectivity index (χ2v) is 5.08. The summed E-state index contributed by atoms with van der Waals surface area (Å²) in [4.78, 5) is 3.96. The number of nitrogens with zero attached hydrogens (tertiary/aromatic N) is 1. The summed E-state index contributed by atoms with van der Waals surface area (Å²) in [6, 6.07) is 0.704. The first kappa shape index (κ1) is 16.6. The summed E-state index contributed by atoms with van der Waals surface area (Å²) in [5.41, 5.74) is 0. The minimum Gasteiger partial charge on any atom is -0.396 e. The summed E-state index contributed by atoms with van der Waals surface area (Å²) in [5, 5.41) is 14.8. The fourth-order valence-corrected chi connectivity index (χ4v) is 1.82. The van der Waals surface area contributed by atoms with Gasteiger partial charge in [0.2, 0.25) is 0 Å². The van der Waals surface area contributed by atoms with Gasteiger partial charge in [0.25, 0.3) is 0 Å². The first-order chi connectivity index (χ1) is 9.49. The average Bonchev–Trinajstić information content (AvgIpc) is 2.39. The van der Waals surface area contributed by atoms with Gasteiger partial charge in [-0.05, 0) is 18.8 Å². The van der Waals surface area contributed by atoms with Crippen molar-refractivity contribution in [2.75, 3.05) is 23.8 Å². The van der Waals surface area contributed by atoms with Gasteiger partial charge in [-0.2, -0.15) is 0 Å². The van der Waals surface area contributed by atoms with Crippen LogP contribution in [-0.4, -0.2) is 29.3 Å². The van der Waals surface area contributed by atoms with Crippen LogP contribution in [0.15, 0.2) is 6.07 Å². The predicted octanol–water partition coefficient (Wildman–Crippen LogP) is 3.00.